The molecule has 1 nitrogen and oxygen atoms in total. The lowest BCUT2D eigenvalue weighted by Gasteiger charge is -2.37. The van der Waals surface area contributed by atoms with Crippen LogP contribution in [0.25, 0.3) is 22.3 Å². The summed E-state index contributed by atoms with van der Waals surface area (Å²) in [5, 5.41) is 0. The summed E-state index contributed by atoms with van der Waals surface area (Å²) in [6.07, 6.45) is 31.3. The summed E-state index contributed by atoms with van der Waals surface area (Å²) in [7, 11) is 0. The Hall–Kier alpha value is -4.10. The minimum Gasteiger partial charge on any atom is -0.310 e. The lowest BCUT2D eigenvalue weighted by atomic mass is 9.69. The van der Waals surface area contributed by atoms with Crippen LogP contribution in [0.3, 0.4) is 0 Å². The summed E-state index contributed by atoms with van der Waals surface area (Å²) >= 11 is 0. The molecule has 5 aromatic carbocycles. The van der Waals surface area contributed by atoms with Gasteiger partial charge in [0.05, 0.1) is 0 Å². The Morgan fingerprint density at radius 1 is 0.508 bits per heavy atom. The minimum absolute atomic E-state index is 0.0907. The number of nitrogens with zero attached hydrogens (tertiary/aromatic N) is 1. The molecule has 3 aliphatic carbocycles. The van der Waals surface area contributed by atoms with Gasteiger partial charge in [-0.1, -0.05) is 185 Å². The van der Waals surface area contributed by atoms with E-state index in [2.05, 4.69) is 143 Å². The Labute approximate surface area is 384 Å². The van der Waals surface area contributed by atoms with Crippen LogP contribution >= 0.6 is 0 Å². The maximum absolute atomic E-state index is 2.73. The van der Waals surface area contributed by atoms with Crippen molar-refractivity contribution < 1.29 is 0 Å². The monoisotopic (exact) mass is 840 g/mol. The molecule has 5 aromatic rings. The Bertz CT molecular complexity index is 2230. The number of aryl methyl sites for hydroxylation is 2. The zero-order chi connectivity index (χ0) is 43.7. The van der Waals surface area contributed by atoms with Crippen LogP contribution in [0.5, 0.6) is 0 Å². The van der Waals surface area contributed by atoms with E-state index in [1.54, 1.807) is 27.8 Å². The van der Waals surface area contributed by atoms with Gasteiger partial charge >= 0.3 is 0 Å². The van der Waals surface area contributed by atoms with Crippen LogP contribution in [-0.4, -0.2) is 0 Å². The average molecular weight is 840 g/mol. The van der Waals surface area contributed by atoms with Gasteiger partial charge in [0.1, 0.15) is 0 Å². The van der Waals surface area contributed by atoms with Crippen LogP contribution in [-0.2, 0) is 23.7 Å². The van der Waals surface area contributed by atoms with E-state index < -0.39 is 0 Å². The van der Waals surface area contributed by atoms with Crippen molar-refractivity contribution >= 4 is 17.1 Å². The molecule has 0 saturated carbocycles. The van der Waals surface area contributed by atoms with Gasteiger partial charge in [-0.3, -0.25) is 0 Å². The summed E-state index contributed by atoms with van der Waals surface area (Å²) in [6.45, 7) is 11.9. The fourth-order valence-corrected chi connectivity index (χ4v) is 12.5. The highest BCUT2D eigenvalue weighted by molar-refractivity contribution is 5.85. The molecule has 0 amide bonds. The number of benzene rings is 5. The molecule has 63 heavy (non-hydrogen) atoms. The zero-order valence-corrected chi connectivity index (χ0v) is 40.3. The summed E-state index contributed by atoms with van der Waals surface area (Å²) in [5.74, 6) is 0.668. The number of hydrogen-bond donors (Lipinski definition) is 0. The molecular formula is C62H81N. The molecule has 3 atom stereocenters. The van der Waals surface area contributed by atoms with E-state index in [0.717, 1.165) is 6.42 Å². The first kappa shape index (κ1) is 45.5. The second-order valence-corrected chi connectivity index (χ2v) is 20.6. The van der Waals surface area contributed by atoms with Crippen LogP contribution in [0.15, 0.2) is 103 Å². The summed E-state index contributed by atoms with van der Waals surface area (Å²) in [4.78, 5) is 2.52. The van der Waals surface area contributed by atoms with Gasteiger partial charge in [0.2, 0.25) is 0 Å². The lowest BCUT2D eigenvalue weighted by Crippen LogP contribution is -2.27. The highest BCUT2D eigenvalue weighted by Gasteiger charge is 2.43. The van der Waals surface area contributed by atoms with Crippen LogP contribution in [0, 0.1) is 0 Å². The molecule has 0 heterocycles. The van der Waals surface area contributed by atoms with Gasteiger partial charge in [-0.05, 0) is 174 Å². The van der Waals surface area contributed by atoms with Crippen molar-refractivity contribution in [3.05, 3.63) is 137 Å². The normalized spacial score (nSPS) is 20.9. The van der Waals surface area contributed by atoms with Crippen molar-refractivity contribution in [3.63, 3.8) is 0 Å². The molecule has 8 rings (SSSR count). The second kappa shape index (κ2) is 21.3. The third kappa shape index (κ3) is 9.94. The van der Waals surface area contributed by atoms with Gasteiger partial charge in [-0.15, -0.1) is 0 Å². The van der Waals surface area contributed by atoms with Crippen molar-refractivity contribution in [2.45, 2.75) is 205 Å². The van der Waals surface area contributed by atoms with Crippen molar-refractivity contribution in [1.82, 2.24) is 0 Å². The van der Waals surface area contributed by atoms with Crippen LogP contribution in [0.1, 0.15) is 215 Å². The van der Waals surface area contributed by atoms with E-state index in [-0.39, 0.29) is 10.8 Å². The Balaban J connectivity index is 1.16. The smallest absolute Gasteiger partial charge is 0.0464 e. The van der Waals surface area contributed by atoms with Gasteiger partial charge in [0, 0.05) is 22.5 Å². The van der Waals surface area contributed by atoms with E-state index in [0.29, 0.717) is 5.92 Å². The first-order valence-electron chi connectivity index (χ1n) is 26.3. The molecular weight excluding hydrogens is 759 g/mol. The number of fused-ring (bicyclic) bond motifs is 5. The fourth-order valence-electron chi connectivity index (χ4n) is 12.5. The molecule has 334 valence electrons. The van der Waals surface area contributed by atoms with Crippen LogP contribution in [0.2, 0.25) is 0 Å². The highest BCUT2D eigenvalue weighted by Crippen LogP contribution is 2.56. The third-order valence-electron chi connectivity index (χ3n) is 16.2. The van der Waals surface area contributed by atoms with E-state index in [4.69, 9.17) is 0 Å². The van der Waals surface area contributed by atoms with E-state index in [9.17, 15) is 0 Å². The molecule has 0 N–H and O–H groups in total. The maximum Gasteiger partial charge on any atom is 0.0464 e. The summed E-state index contributed by atoms with van der Waals surface area (Å²) < 4.78 is 0. The maximum atomic E-state index is 2.73. The summed E-state index contributed by atoms with van der Waals surface area (Å²) in [5.41, 5.74) is 19.2. The molecule has 0 radical (unpaired) electrons. The van der Waals surface area contributed by atoms with E-state index in [1.807, 2.05) is 0 Å². The first-order chi connectivity index (χ1) is 30.9. The fraction of sp³-hybridized carbons (Fsp3) is 0.516. The third-order valence-corrected chi connectivity index (χ3v) is 16.2. The number of anilines is 3. The second-order valence-electron chi connectivity index (χ2n) is 20.6. The average Bonchev–Trinajstić information content (AvgIpc) is 3.57. The molecule has 0 aromatic heterocycles. The van der Waals surface area contributed by atoms with Gasteiger partial charge < -0.3 is 4.90 Å². The quantitative estimate of drug-likeness (QED) is 0.0843. The standard InChI is InChI=1S/C62H81N/c1-6-10-12-13-17-20-42-62-43-21-18-15-14-16-19-24-48(9-4)50-30-37-56(59(62)45-50)57-38-31-51(46-60(57)62)49-28-34-54(35-29-49)63(53-32-26-47(27-33-53)23-11-7-2)55-36-39-58-52(44-55)25-22-41-61(58,5)40-8-3/h26-39,44-46,48H,6-25,40-43H2,1-5H3. The van der Waals surface area contributed by atoms with Gasteiger partial charge in [-0.25, -0.2) is 0 Å². The SMILES string of the molecule is CCCCCCCCC12CCCCCCCCC(CC)c3ccc(c1c3)-c1ccc(-c3ccc(N(c4ccc(CCCC)cc4)c4ccc5c(c4)CCCC5(C)CCC)cc3)cc12. The largest absolute Gasteiger partial charge is 0.310 e. The zero-order valence-electron chi connectivity index (χ0n) is 40.3. The number of unbranched alkanes of at least 4 members (excludes halogenated alkanes) is 6. The predicted octanol–water partition coefficient (Wildman–Crippen LogP) is 19.2. The van der Waals surface area contributed by atoms with E-state index in [1.165, 1.54) is 193 Å². The molecule has 0 spiro atoms. The Morgan fingerprint density at radius 3 is 1.90 bits per heavy atom. The first-order valence-corrected chi connectivity index (χ1v) is 26.3. The molecule has 0 saturated heterocycles. The summed E-state index contributed by atoms with van der Waals surface area (Å²) in [6, 6.07) is 41.9. The number of hydrogen-bond acceptors (Lipinski definition) is 1. The van der Waals surface area contributed by atoms with Gasteiger partial charge in [0.15, 0.2) is 0 Å². The molecule has 2 bridgehead atoms. The molecule has 0 fully saturated rings. The van der Waals surface area contributed by atoms with Gasteiger partial charge in [0.25, 0.3) is 0 Å². The molecule has 1 heteroatoms. The minimum atomic E-state index is 0.0907. The van der Waals surface area contributed by atoms with Crippen molar-refractivity contribution in [3.8, 4) is 22.3 Å². The van der Waals surface area contributed by atoms with Crippen molar-refractivity contribution in [2.75, 3.05) is 4.90 Å². The number of rotatable bonds is 17. The Kier molecular flexibility index (Phi) is 15.3. The Morgan fingerprint density at radius 2 is 1.16 bits per heavy atom. The van der Waals surface area contributed by atoms with Crippen molar-refractivity contribution in [1.29, 1.82) is 0 Å². The topological polar surface area (TPSA) is 3.24 Å². The molecule has 3 unspecified atom stereocenters. The van der Waals surface area contributed by atoms with Crippen LogP contribution in [0.4, 0.5) is 17.1 Å². The molecule has 0 aliphatic heterocycles. The molecule has 3 aliphatic rings. The van der Waals surface area contributed by atoms with Gasteiger partial charge in [-0.2, -0.15) is 0 Å². The van der Waals surface area contributed by atoms with E-state index >= 15 is 0 Å². The van der Waals surface area contributed by atoms with Crippen LogP contribution < -0.4 is 4.90 Å². The lowest BCUT2D eigenvalue weighted by molar-refractivity contribution is 0.363. The highest BCUT2D eigenvalue weighted by atomic mass is 15.1. The van der Waals surface area contributed by atoms with Crippen molar-refractivity contribution in [2.24, 2.45) is 0 Å². The predicted molar refractivity (Wildman–Crippen MR) is 275 cm³/mol.